The summed E-state index contributed by atoms with van der Waals surface area (Å²) in [5.74, 6) is -2.28. The van der Waals surface area contributed by atoms with E-state index in [4.69, 9.17) is 10.8 Å². The molecule has 0 aliphatic rings. The second kappa shape index (κ2) is 6.50. The van der Waals surface area contributed by atoms with Crippen LogP contribution in [-0.2, 0) is 9.59 Å². The van der Waals surface area contributed by atoms with Gasteiger partial charge in [-0.2, -0.15) is 0 Å². The molecule has 0 aromatic carbocycles. The second-order valence-corrected chi connectivity index (χ2v) is 5.94. The number of rotatable bonds is 6. The van der Waals surface area contributed by atoms with E-state index in [1.165, 1.54) is 11.3 Å². The molecule has 4 N–H and O–H groups in total. The van der Waals surface area contributed by atoms with Gasteiger partial charge in [-0.05, 0) is 34.5 Å². The lowest BCUT2D eigenvalue weighted by atomic mass is 10.1. The molecule has 0 aliphatic carbocycles. The molecule has 6 nitrogen and oxygen atoms in total. The van der Waals surface area contributed by atoms with Gasteiger partial charge < -0.3 is 16.2 Å². The Balaban J connectivity index is 2.63. The normalized spacial score (nSPS) is 11.8. The molecule has 1 aromatic rings. The van der Waals surface area contributed by atoms with Crippen LogP contribution in [0.4, 0.5) is 0 Å². The smallest absolute Gasteiger partial charge is 0.326 e. The van der Waals surface area contributed by atoms with E-state index in [-0.39, 0.29) is 12.8 Å². The van der Waals surface area contributed by atoms with Crippen molar-refractivity contribution in [3.63, 3.8) is 0 Å². The number of carbonyl (C=O) groups is 3. The van der Waals surface area contributed by atoms with Crippen LogP contribution in [0.15, 0.2) is 15.9 Å². The molecule has 0 bridgehead atoms. The Bertz CT molecular complexity index is 474. The van der Waals surface area contributed by atoms with Crippen LogP contribution in [0.25, 0.3) is 0 Å². The molecular weight excluding hydrogens is 324 g/mol. The van der Waals surface area contributed by atoms with Crippen LogP contribution < -0.4 is 11.1 Å². The van der Waals surface area contributed by atoms with Crippen LogP contribution in [0.5, 0.6) is 0 Å². The summed E-state index contributed by atoms with van der Waals surface area (Å²) in [4.78, 5) is 33.6. The molecule has 0 saturated carbocycles. The highest BCUT2D eigenvalue weighted by Gasteiger charge is 2.21. The first-order valence-corrected chi connectivity index (χ1v) is 6.58. The molecule has 0 saturated heterocycles. The summed E-state index contributed by atoms with van der Waals surface area (Å²) in [6, 6.07) is 2.15. The Labute approximate surface area is 115 Å². The third-order valence-electron chi connectivity index (χ3n) is 2.08. The van der Waals surface area contributed by atoms with E-state index in [2.05, 4.69) is 21.2 Å². The van der Waals surface area contributed by atoms with Gasteiger partial charge in [-0.1, -0.05) is 0 Å². The molecule has 1 atom stereocenters. The molecule has 0 fully saturated rings. The third kappa shape index (κ3) is 4.46. The molecule has 2 amide bonds. The van der Waals surface area contributed by atoms with Gasteiger partial charge >= 0.3 is 5.97 Å². The number of nitrogens with two attached hydrogens (primary N) is 1. The van der Waals surface area contributed by atoms with Crippen molar-refractivity contribution in [2.75, 3.05) is 0 Å². The predicted octanol–water partition coefficient (Wildman–Crippen LogP) is 0.959. The van der Waals surface area contributed by atoms with E-state index in [0.717, 1.165) is 3.79 Å². The van der Waals surface area contributed by atoms with Crippen LogP contribution in [0.1, 0.15) is 22.5 Å². The first-order chi connectivity index (χ1) is 8.40. The van der Waals surface area contributed by atoms with Gasteiger partial charge in [0.05, 0.1) is 8.66 Å². The van der Waals surface area contributed by atoms with Gasteiger partial charge in [0, 0.05) is 6.42 Å². The number of aliphatic carboxylic acids is 1. The van der Waals surface area contributed by atoms with Gasteiger partial charge in [-0.25, -0.2) is 4.79 Å². The summed E-state index contributed by atoms with van der Waals surface area (Å²) < 4.78 is 0.775. The number of primary amides is 1. The van der Waals surface area contributed by atoms with Crippen LogP contribution in [0, 0.1) is 0 Å². The van der Waals surface area contributed by atoms with Crippen LogP contribution >= 0.6 is 27.3 Å². The summed E-state index contributed by atoms with van der Waals surface area (Å²) in [7, 11) is 0. The van der Waals surface area contributed by atoms with E-state index >= 15 is 0 Å². The fraction of sp³-hybridized carbons (Fsp3) is 0.300. The molecule has 8 heteroatoms. The molecule has 98 valence electrons. The SMILES string of the molecule is NC(=O)CCC(NC(=O)c1ccc(Br)s1)C(=O)O. The molecular formula is C10H11BrN2O4S. The minimum Gasteiger partial charge on any atom is -0.480 e. The van der Waals surface area contributed by atoms with Crippen molar-refractivity contribution in [3.8, 4) is 0 Å². The van der Waals surface area contributed by atoms with Crippen molar-refractivity contribution < 1.29 is 19.5 Å². The van der Waals surface area contributed by atoms with E-state index < -0.39 is 23.8 Å². The first kappa shape index (κ1) is 14.7. The van der Waals surface area contributed by atoms with Gasteiger partial charge in [0.15, 0.2) is 0 Å². The average molecular weight is 335 g/mol. The second-order valence-electron chi connectivity index (χ2n) is 3.47. The molecule has 1 aromatic heterocycles. The van der Waals surface area contributed by atoms with Crippen LogP contribution in [-0.4, -0.2) is 28.9 Å². The third-order valence-corrected chi connectivity index (χ3v) is 3.70. The Morgan fingerprint density at radius 1 is 1.44 bits per heavy atom. The number of carboxylic acid groups (broad SMARTS) is 1. The Kier molecular flexibility index (Phi) is 5.29. The summed E-state index contributed by atoms with van der Waals surface area (Å²) in [5.41, 5.74) is 4.94. The van der Waals surface area contributed by atoms with Gasteiger partial charge in [0.1, 0.15) is 6.04 Å². The Morgan fingerprint density at radius 2 is 2.11 bits per heavy atom. The van der Waals surface area contributed by atoms with Crippen LogP contribution in [0.3, 0.4) is 0 Å². The zero-order chi connectivity index (χ0) is 13.7. The topological polar surface area (TPSA) is 109 Å². The lowest BCUT2D eigenvalue weighted by Gasteiger charge is -2.12. The van der Waals surface area contributed by atoms with Crippen molar-refractivity contribution in [2.24, 2.45) is 5.73 Å². The molecule has 1 rings (SSSR count). The summed E-state index contributed by atoms with van der Waals surface area (Å²) >= 11 is 4.40. The summed E-state index contributed by atoms with van der Waals surface area (Å²) in [6.45, 7) is 0. The number of thiophene rings is 1. The minimum absolute atomic E-state index is 0.0248. The number of hydrogen-bond donors (Lipinski definition) is 3. The summed E-state index contributed by atoms with van der Waals surface area (Å²) in [6.07, 6.45) is -0.117. The standard InChI is InChI=1S/C10H11BrN2O4S/c11-7-3-2-6(18-7)9(15)13-5(10(16)17)1-4-8(12)14/h2-3,5H,1,4H2,(H2,12,14)(H,13,15)(H,16,17). The monoisotopic (exact) mass is 334 g/mol. The predicted molar refractivity (Wildman–Crippen MR) is 69.3 cm³/mol. The quantitative estimate of drug-likeness (QED) is 0.719. The van der Waals surface area contributed by atoms with Gasteiger partial charge in [0.2, 0.25) is 5.91 Å². The molecule has 0 spiro atoms. The average Bonchev–Trinajstić information content (AvgIpc) is 2.70. The van der Waals surface area contributed by atoms with Crippen molar-refractivity contribution >= 4 is 45.1 Å². The largest absolute Gasteiger partial charge is 0.480 e. The Hall–Kier alpha value is -1.41. The number of carbonyl (C=O) groups excluding carboxylic acids is 2. The maximum atomic E-state index is 11.7. The maximum Gasteiger partial charge on any atom is 0.326 e. The van der Waals surface area contributed by atoms with Crippen molar-refractivity contribution in [1.29, 1.82) is 0 Å². The number of amides is 2. The molecule has 0 aliphatic heterocycles. The van der Waals surface area contributed by atoms with Gasteiger partial charge in [0.25, 0.3) is 5.91 Å². The van der Waals surface area contributed by atoms with Crippen molar-refractivity contribution in [3.05, 3.63) is 20.8 Å². The minimum atomic E-state index is -1.19. The zero-order valence-electron chi connectivity index (χ0n) is 9.18. The van der Waals surface area contributed by atoms with E-state index in [9.17, 15) is 14.4 Å². The zero-order valence-corrected chi connectivity index (χ0v) is 11.6. The fourth-order valence-corrected chi connectivity index (χ4v) is 2.50. The van der Waals surface area contributed by atoms with Crippen molar-refractivity contribution in [2.45, 2.75) is 18.9 Å². The number of hydrogen-bond acceptors (Lipinski definition) is 4. The fourth-order valence-electron chi connectivity index (χ4n) is 1.21. The molecule has 18 heavy (non-hydrogen) atoms. The molecule has 1 heterocycles. The Morgan fingerprint density at radius 3 is 2.56 bits per heavy atom. The van der Waals surface area contributed by atoms with E-state index in [1.54, 1.807) is 12.1 Å². The lowest BCUT2D eigenvalue weighted by Crippen LogP contribution is -2.41. The van der Waals surface area contributed by atoms with Gasteiger partial charge in [-0.3, -0.25) is 9.59 Å². The highest BCUT2D eigenvalue weighted by Crippen LogP contribution is 2.22. The maximum absolute atomic E-state index is 11.7. The highest BCUT2D eigenvalue weighted by molar-refractivity contribution is 9.11. The molecule has 0 radical (unpaired) electrons. The molecule has 1 unspecified atom stereocenters. The number of carboxylic acids is 1. The number of halogens is 1. The van der Waals surface area contributed by atoms with E-state index in [0.29, 0.717) is 4.88 Å². The van der Waals surface area contributed by atoms with Gasteiger partial charge in [-0.15, -0.1) is 11.3 Å². The number of nitrogens with one attached hydrogen (secondary N) is 1. The summed E-state index contributed by atoms with van der Waals surface area (Å²) in [5, 5.41) is 11.3. The highest BCUT2D eigenvalue weighted by atomic mass is 79.9. The first-order valence-electron chi connectivity index (χ1n) is 4.97. The van der Waals surface area contributed by atoms with Crippen molar-refractivity contribution in [1.82, 2.24) is 5.32 Å². The van der Waals surface area contributed by atoms with E-state index in [1.807, 2.05) is 0 Å². The van der Waals surface area contributed by atoms with Crippen LogP contribution in [0.2, 0.25) is 0 Å². The lowest BCUT2D eigenvalue weighted by molar-refractivity contribution is -0.139.